The molecule has 4 N–H and O–H groups in total. The summed E-state index contributed by atoms with van der Waals surface area (Å²) < 4.78 is 1.51. The first-order chi connectivity index (χ1) is 9.47. The van der Waals surface area contributed by atoms with Crippen LogP contribution in [0.1, 0.15) is 23.0 Å². The van der Waals surface area contributed by atoms with Crippen LogP contribution in [0.25, 0.3) is 0 Å². The number of nitrogens with one attached hydrogen (secondary N) is 2. The van der Waals surface area contributed by atoms with Crippen molar-refractivity contribution in [2.75, 3.05) is 13.1 Å². The van der Waals surface area contributed by atoms with Gasteiger partial charge in [0, 0.05) is 13.1 Å². The van der Waals surface area contributed by atoms with Crippen LogP contribution < -0.4 is 10.6 Å². The van der Waals surface area contributed by atoms with E-state index in [1.54, 1.807) is 0 Å². The minimum atomic E-state index is -1.50. The minimum Gasteiger partial charge on any atom is -0.481 e. The first-order valence-electron chi connectivity index (χ1n) is 5.85. The van der Waals surface area contributed by atoms with Crippen molar-refractivity contribution in [1.29, 1.82) is 0 Å². The van der Waals surface area contributed by atoms with Crippen LogP contribution in [-0.4, -0.2) is 62.2 Å². The molecule has 20 heavy (non-hydrogen) atoms. The number of aliphatic carboxylic acids is 2. The summed E-state index contributed by atoms with van der Waals surface area (Å²) in [7, 11) is 0. The summed E-state index contributed by atoms with van der Waals surface area (Å²) in [5.74, 6) is -3.50. The van der Waals surface area contributed by atoms with Crippen molar-refractivity contribution >= 4 is 17.8 Å². The molecule has 1 saturated heterocycles. The molecule has 1 atom stereocenters. The van der Waals surface area contributed by atoms with E-state index in [1.807, 2.05) is 0 Å². The lowest BCUT2D eigenvalue weighted by Gasteiger charge is -2.26. The smallest absolute Gasteiger partial charge is 0.326 e. The molecule has 0 aromatic carbocycles. The lowest BCUT2D eigenvalue weighted by molar-refractivity contribution is -0.145. The van der Waals surface area contributed by atoms with E-state index in [0.29, 0.717) is 0 Å². The standard InChI is InChI=1S/C10H13N5O5/c16-8(17)1-6(10(19)20)12-9(18)7-4-15(14-13-7)5-2-11-3-5/h4-6,11H,1-3H2,(H,12,18)(H,16,17)(H,19,20). The number of carboxylic acid groups (broad SMARTS) is 2. The molecule has 0 saturated carbocycles. The van der Waals surface area contributed by atoms with Crippen molar-refractivity contribution in [2.24, 2.45) is 0 Å². The molecule has 1 amide bonds. The fourth-order valence-electron chi connectivity index (χ4n) is 1.63. The molecule has 10 nitrogen and oxygen atoms in total. The Kier molecular flexibility index (Phi) is 3.94. The average Bonchev–Trinajstić information content (AvgIpc) is 2.74. The number of amides is 1. The van der Waals surface area contributed by atoms with Crippen molar-refractivity contribution in [3.8, 4) is 0 Å². The molecule has 1 unspecified atom stereocenters. The van der Waals surface area contributed by atoms with Gasteiger partial charge < -0.3 is 20.8 Å². The largest absolute Gasteiger partial charge is 0.481 e. The van der Waals surface area contributed by atoms with Crippen LogP contribution in [0.3, 0.4) is 0 Å². The van der Waals surface area contributed by atoms with E-state index < -0.39 is 30.3 Å². The van der Waals surface area contributed by atoms with E-state index in [-0.39, 0.29) is 11.7 Å². The van der Waals surface area contributed by atoms with Gasteiger partial charge in [0.25, 0.3) is 5.91 Å². The number of carboxylic acids is 2. The molecule has 2 heterocycles. The van der Waals surface area contributed by atoms with Gasteiger partial charge in [0.15, 0.2) is 5.69 Å². The van der Waals surface area contributed by atoms with Gasteiger partial charge in [-0.1, -0.05) is 5.21 Å². The number of rotatable bonds is 6. The first kappa shape index (κ1) is 13.9. The van der Waals surface area contributed by atoms with Crippen LogP contribution in [0.5, 0.6) is 0 Å². The summed E-state index contributed by atoms with van der Waals surface area (Å²) in [6.45, 7) is 1.45. The molecule has 0 radical (unpaired) electrons. The summed E-state index contributed by atoms with van der Waals surface area (Å²) in [5.41, 5.74) is -0.0476. The highest BCUT2D eigenvalue weighted by molar-refractivity contribution is 5.95. The fourth-order valence-corrected chi connectivity index (χ4v) is 1.63. The lowest BCUT2D eigenvalue weighted by atomic mass is 10.2. The van der Waals surface area contributed by atoms with Crippen molar-refractivity contribution in [3.63, 3.8) is 0 Å². The maximum absolute atomic E-state index is 11.8. The molecule has 1 fully saturated rings. The van der Waals surface area contributed by atoms with Crippen LogP contribution in [0.2, 0.25) is 0 Å². The Bertz CT molecular complexity index is 538. The van der Waals surface area contributed by atoms with Crippen LogP contribution in [0.4, 0.5) is 0 Å². The summed E-state index contributed by atoms with van der Waals surface area (Å²) in [4.78, 5) is 33.1. The molecule has 2 rings (SSSR count). The molecule has 10 heteroatoms. The first-order valence-corrected chi connectivity index (χ1v) is 5.85. The Morgan fingerprint density at radius 2 is 2.15 bits per heavy atom. The topological polar surface area (TPSA) is 146 Å². The molecule has 0 bridgehead atoms. The maximum atomic E-state index is 11.8. The molecule has 0 spiro atoms. The predicted octanol–water partition coefficient (Wildman–Crippen LogP) is -1.92. The van der Waals surface area contributed by atoms with Gasteiger partial charge >= 0.3 is 11.9 Å². The Labute approximate surface area is 112 Å². The lowest BCUT2D eigenvalue weighted by Crippen LogP contribution is -2.43. The summed E-state index contributed by atoms with van der Waals surface area (Å²) >= 11 is 0. The number of nitrogens with zero attached hydrogens (tertiary/aromatic N) is 3. The second-order valence-corrected chi connectivity index (χ2v) is 4.36. The Morgan fingerprint density at radius 1 is 1.45 bits per heavy atom. The Balaban J connectivity index is 2.00. The van der Waals surface area contributed by atoms with Gasteiger partial charge in [-0.05, 0) is 0 Å². The summed E-state index contributed by atoms with van der Waals surface area (Å²) in [6, 6.07) is -1.38. The molecule has 1 aromatic heterocycles. The van der Waals surface area contributed by atoms with E-state index in [0.717, 1.165) is 13.1 Å². The quantitative estimate of drug-likeness (QED) is 0.472. The highest BCUT2D eigenvalue weighted by Gasteiger charge is 2.26. The summed E-state index contributed by atoms with van der Waals surface area (Å²) in [6.07, 6.45) is 0.697. The molecular weight excluding hydrogens is 270 g/mol. The van der Waals surface area contributed by atoms with Crippen LogP contribution >= 0.6 is 0 Å². The average molecular weight is 283 g/mol. The second-order valence-electron chi connectivity index (χ2n) is 4.36. The third kappa shape index (κ3) is 3.09. The van der Waals surface area contributed by atoms with Gasteiger partial charge in [-0.25, -0.2) is 9.48 Å². The SMILES string of the molecule is O=C(O)CC(NC(=O)c1cn(C2CNC2)nn1)C(=O)O. The zero-order valence-corrected chi connectivity index (χ0v) is 10.3. The Hall–Kier alpha value is -2.49. The van der Waals surface area contributed by atoms with Crippen molar-refractivity contribution < 1.29 is 24.6 Å². The molecule has 108 valence electrons. The van der Waals surface area contributed by atoms with Gasteiger partial charge in [-0.15, -0.1) is 5.10 Å². The van der Waals surface area contributed by atoms with Gasteiger partial charge in [-0.3, -0.25) is 9.59 Å². The zero-order valence-electron chi connectivity index (χ0n) is 10.3. The van der Waals surface area contributed by atoms with Gasteiger partial charge in [-0.2, -0.15) is 0 Å². The van der Waals surface area contributed by atoms with Crippen molar-refractivity contribution in [1.82, 2.24) is 25.6 Å². The normalized spacial score (nSPS) is 16.2. The van der Waals surface area contributed by atoms with E-state index in [1.165, 1.54) is 10.9 Å². The number of hydrogen-bond donors (Lipinski definition) is 4. The van der Waals surface area contributed by atoms with Crippen molar-refractivity contribution in [2.45, 2.75) is 18.5 Å². The fraction of sp³-hybridized carbons (Fsp3) is 0.500. The van der Waals surface area contributed by atoms with E-state index in [4.69, 9.17) is 10.2 Å². The van der Waals surface area contributed by atoms with E-state index >= 15 is 0 Å². The molecular formula is C10H13N5O5. The Morgan fingerprint density at radius 3 is 2.65 bits per heavy atom. The third-order valence-electron chi connectivity index (χ3n) is 2.86. The zero-order chi connectivity index (χ0) is 14.7. The molecule has 0 aliphatic carbocycles. The highest BCUT2D eigenvalue weighted by Crippen LogP contribution is 2.09. The summed E-state index contributed by atoms with van der Waals surface area (Å²) in [5, 5.41) is 30.0. The van der Waals surface area contributed by atoms with E-state index in [2.05, 4.69) is 20.9 Å². The van der Waals surface area contributed by atoms with Gasteiger partial charge in [0.1, 0.15) is 6.04 Å². The number of carbonyl (C=O) groups is 3. The predicted molar refractivity (Wildman–Crippen MR) is 63.1 cm³/mol. The molecule has 1 aromatic rings. The van der Waals surface area contributed by atoms with Crippen LogP contribution in [0, 0.1) is 0 Å². The number of carbonyl (C=O) groups excluding carboxylic acids is 1. The third-order valence-corrected chi connectivity index (χ3v) is 2.86. The number of hydrogen-bond acceptors (Lipinski definition) is 6. The monoisotopic (exact) mass is 283 g/mol. The molecule has 1 aliphatic heterocycles. The van der Waals surface area contributed by atoms with Gasteiger partial charge in [0.2, 0.25) is 0 Å². The highest BCUT2D eigenvalue weighted by atomic mass is 16.4. The van der Waals surface area contributed by atoms with Crippen LogP contribution in [0.15, 0.2) is 6.20 Å². The van der Waals surface area contributed by atoms with E-state index in [9.17, 15) is 14.4 Å². The van der Waals surface area contributed by atoms with Gasteiger partial charge in [0.05, 0.1) is 18.7 Å². The maximum Gasteiger partial charge on any atom is 0.326 e. The van der Waals surface area contributed by atoms with Crippen LogP contribution in [-0.2, 0) is 9.59 Å². The van der Waals surface area contributed by atoms with Crippen molar-refractivity contribution in [3.05, 3.63) is 11.9 Å². The second kappa shape index (κ2) is 5.65. The number of aromatic nitrogens is 3. The minimum absolute atomic E-state index is 0.0476. The molecule has 1 aliphatic rings.